The van der Waals surface area contributed by atoms with Gasteiger partial charge in [-0.3, -0.25) is 4.79 Å². The molecular weight excluding hydrogens is 278 g/mol. The van der Waals surface area contributed by atoms with Crippen molar-refractivity contribution in [1.29, 1.82) is 0 Å². The van der Waals surface area contributed by atoms with Gasteiger partial charge in [0.1, 0.15) is 5.70 Å². The first-order valence-electron chi connectivity index (χ1n) is 6.72. The molecule has 0 aliphatic heterocycles. The zero-order chi connectivity index (χ0) is 15.7. The highest BCUT2D eigenvalue weighted by Crippen LogP contribution is 2.28. The average molecular weight is 291 g/mol. The Bertz CT molecular complexity index is 874. The van der Waals surface area contributed by atoms with Crippen molar-refractivity contribution in [3.05, 3.63) is 72.4 Å². The lowest BCUT2D eigenvalue weighted by atomic mass is 9.96. The molecule has 4 nitrogen and oxygen atoms in total. The van der Waals surface area contributed by atoms with Crippen LogP contribution >= 0.6 is 0 Å². The van der Waals surface area contributed by atoms with Gasteiger partial charge >= 0.3 is 5.97 Å². The van der Waals surface area contributed by atoms with Crippen LogP contribution < -0.4 is 5.32 Å². The fourth-order valence-corrected chi connectivity index (χ4v) is 2.51. The number of carbonyl (C=O) groups excluding carboxylic acids is 1. The molecule has 3 aromatic carbocycles. The second-order valence-corrected chi connectivity index (χ2v) is 4.93. The molecule has 0 unspecified atom stereocenters. The summed E-state index contributed by atoms with van der Waals surface area (Å²) >= 11 is 0. The Kier molecular flexibility index (Phi) is 3.35. The zero-order valence-corrected chi connectivity index (χ0v) is 11.7. The van der Waals surface area contributed by atoms with Gasteiger partial charge in [-0.2, -0.15) is 0 Å². The van der Waals surface area contributed by atoms with Crippen molar-refractivity contribution in [2.75, 3.05) is 0 Å². The molecule has 0 saturated carbocycles. The maximum Gasteiger partial charge on any atom is 0.351 e. The van der Waals surface area contributed by atoms with Gasteiger partial charge in [0.15, 0.2) is 0 Å². The molecule has 0 aromatic heterocycles. The van der Waals surface area contributed by atoms with E-state index in [0.717, 1.165) is 21.5 Å². The highest BCUT2D eigenvalue weighted by atomic mass is 16.4. The number of rotatable bonds is 3. The summed E-state index contributed by atoms with van der Waals surface area (Å²) in [6.45, 7) is 3.35. The number of fused-ring (bicyclic) bond motifs is 2. The van der Waals surface area contributed by atoms with E-state index in [0.29, 0.717) is 5.56 Å². The second kappa shape index (κ2) is 5.33. The van der Waals surface area contributed by atoms with E-state index in [-0.39, 0.29) is 5.70 Å². The summed E-state index contributed by atoms with van der Waals surface area (Å²) in [5, 5.41) is 14.6. The number of carboxylic acids is 1. The number of nitrogens with one attached hydrogen (secondary N) is 1. The van der Waals surface area contributed by atoms with Gasteiger partial charge in [0.05, 0.1) is 5.56 Å². The van der Waals surface area contributed by atoms with Crippen molar-refractivity contribution in [3.63, 3.8) is 0 Å². The summed E-state index contributed by atoms with van der Waals surface area (Å²) in [7, 11) is 0. The number of hydrogen-bond donors (Lipinski definition) is 2. The molecule has 0 radical (unpaired) electrons. The monoisotopic (exact) mass is 291 g/mol. The lowest BCUT2D eigenvalue weighted by molar-refractivity contribution is -0.132. The molecule has 4 heteroatoms. The fourth-order valence-electron chi connectivity index (χ4n) is 2.51. The molecule has 3 aromatic rings. The number of carboxylic acid groups (broad SMARTS) is 1. The van der Waals surface area contributed by atoms with Gasteiger partial charge in [0.2, 0.25) is 0 Å². The lowest BCUT2D eigenvalue weighted by Gasteiger charge is -2.11. The van der Waals surface area contributed by atoms with E-state index < -0.39 is 11.9 Å². The van der Waals surface area contributed by atoms with Crippen LogP contribution in [0, 0.1) is 0 Å². The van der Waals surface area contributed by atoms with Crippen molar-refractivity contribution in [3.8, 4) is 0 Å². The average Bonchev–Trinajstić information content (AvgIpc) is 2.52. The van der Waals surface area contributed by atoms with Crippen LogP contribution in [0.1, 0.15) is 10.4 Å². The molecule has 108 valence electrons. The first-order chi connectivity index (χ1) is 10.6. The molecule has 0 atom stereocenters. The van der Waals surface area contributed by atoms with Crippen molar-refractivity contribution < 1.29 is 14.7 Å². The zero-order valence-electron chi connectivity index (χ0n) is 11.7. The second-order valence-electron chi connectivity index (χ2n) is 4.93. The largest absolute Gasteiger partial charge is 0.477 e. The molecule has 0 spiro atoms. The highest BCUT2D eigenvalue weighted by Gasteiger charge is 2.17. The van der Waals surface area contributed by atoms with Gasteiger partial charge in [-0.05, 0) is 27.6 Å². The van der Waals surface area contributed by atoms with Gasteiger partial charge < -0.3 is 10.4 Å². The standard InChI is InChI=1S/C18H13NO3/c1-11(18(21)22)19-17(20)16-14-8-4-2-6-12(14)10-13-7-3-5-9-15(13)16/h2-10H,1H2,(H,19,20)(H,21,22). The van der Waals surface area contributed by atoms with Gasteiger partial charge in [0.25, 0.3) is 5.91 Å². The molecule has 0 fully saturated rings. The summed E-state index contributed by atoms with van der Waals surface area (Å²) in [6.07, 6.45) is 0. The molecule has 0 aliphatic rings. The Morgan fingerprint density at radius 2 is 1.41 bits per heavy atom. The molecule has 0 aliphatic carbocycles. The minimum Gasteiger partial charge on any atom is -0.477 e. The predicted molar refractivity (Wildman–Crippen MR) is 85.7 cm³/mol. The van der Waals surface area contributed by atoms with Crippen LogP contribution in [0.25, 0.3) is 21.5 Å². The Balaban J connectivity index is 2.26. The van der Waals surface area contributed by atoms with Crippen LogP contribution in [-0.2, 0) is 4.79 Å². The first-order valence-corrected chi connectivity index (χ1v) is 6.72. The molecule has 0 saturated heterocycles. The Morgan fingerprint density at radius 3 is 1.91 bits per heavy atom. The molecule has 1 amide bonds. The van der Waals surface area contributed by atoms with Crippen LogP contribution in [-0.4, -0.2) is 17.0 Å². The van der Waals surface area contributed by atoms with E-state index >= 15 is 0 Å². The Morgan fingerprint density at radius 1 is 0.909 bits per heavy atom. The molecule has 3 rings (SSSR count). The molecule has 0 bridgehead atoms. The summed E-state index contributed by atoms with van der Waals surface area (Å²) in [6, 6.07) is 17.0. The number of benzene rings is 3. The van der Waals surface area contributed by atoms with E-state index in [1.807, 2.05) is 54.6 Å². The minimum absolute atomic E-state index is 0.345. The smallest absolute Gasteiger partial charge is 0.351 e. The third-order valence-corrected chi connectivity index (χ3v) is 3.52. The number of hydrogen-bond acceptors (Lipinski definition) is 2. The van der Waals surface area contributed by atoms with E-state index in [4.69, 9.17) is 5.11 Å². The van der Waals surface area contributed by atoms with Crippen molar-refractivity contribution >= 4 is 33.4 Å². The topological polar surface area (TPSA) is 66.4 Å². The van der Waals surface area contributed by atoms with Crippen molar-refractivity contribution in [1.82, 2.24) is 5.32 Å². The van der Waals surface area contributed by atoms with Crippen LogP contribution in [0.5, 0.6) is 0 Å². The van der Waals surface area contributed by atoms with Crippen LogP contribution in [0.3, 0.4) is 0 Å². The molecular formula is C18H13NO3. The van der Waals surface area contributed by atoms with Gasteiger partial charge in [-0.15, -0.1) is 0 Å². The van der Waals surface area contributed by atoms with E-state index in [1.165, 1.54) is 0 Å². The number of carbonyl (C=O) groups is 2. The maximum atomic E-state index is 12.6. The molecule has 22 heavy (non-hydrogen) atoms. The van der Waals surface area contributed by atoms with Crippen LogP contribution in [0.2, 0.25) is 0 Å². The highest BCUT2D eigenvalue weighted by molar-refractivity contribution is 6.19. The lowest BCUT2D eigenvalue weighted by Crippen LogP contribution is -2.26. The van der Waals surface area contributed by atoms with Crippen molar-refractivity contribution in [2.24, 2.45) is 0 Å². The summed E-state index contributed by atoms with van der Waals surface area (Å²) in [5.41, 5.74) is 0.109. The number of amides is 1. The molecule has 0 heterocycles. The van der Waals surface area contributed by atoms with Crippen LogP contribution in [0.15, 0.2) is 66.9 Å². The Labute approximate surface area is 126 Å². The quantitative estimate of drug-likeness (QED) is 0.574. The minimum atomic E-state index is -1.25. The van der Waals surface area contributed by atoms with E-state index in [9.17, 15) is 9.59 Å². The third kappa shape index (κ3) is 2.31. The SMILES string of the molecule is C=C(NC(=O)c1c2ccccc2cc2ccccc12)C(=O)O. The van der Waals surface area contributed by atoms with Gasteiger partial charge in [-0.25, -0.2) is 4.79 Å². The number of aliphatic carboxylic acids is 1. The predicted octanol–water partition coefficient (Wildman–Crippen LogP) is 3.32. The fraction of sp³-hybridized carbons (Fsp3) is 0. The third-order valence-electron chi connectivity index (χ3n) is 3.52. The van der Waals surface area contributed by atoms with Crippen molar-refractivity contribution in [2.45, 2.75) is 0 Å². The Hall–Kier alpha value is -3.14. The first kappa shape index (κ1) is 13.8. The summed E-state index contributed by atoms with van der Waals surface area (Å²) < 4.78 is 0. The van der Waals surface area contributed by atoms with E-state index in [1.54, 1.807) is 0 Å². The normalized spacial score (nSPS) is 10.5. The summed E-state index contributed by atoms with van der Waals surface area (Å²) in [4.78, 5) is 23.4. The summed E-state index contributed by atoms with van der Waals surface area (Å²) in [5.74, 6) is -1.72. The maximum absolute atomic E-state index is 12.6. The molecule has 2 N–H and O–H groups in total. The van der Waals surface area contributed by atoms with Gasteiger partial charge in [0, 0.05) is 0 Å². The van der Waals surface area contributed by atoms with Gasteiger partial charge in [-0.1, -0.05) is 55.1 Å². The van der Waals surface area contributed by atoms with Crippen LogP contribution in [0.4, 0.5) is 0 Å². The van der Waals surface area contributed by atoms with E-state index in [2.05, 4.69) is 11.9 Å².